The van der Waals surface area contributed by atoms with Gasteiger partial charge in [0.25, 0.3) is 0 Å². The number of rotatable bonds is 3. The van der Waals surface area contributed by atoms with Crippen molar-refractivity contribution in [2.24, 2.45) is 10.8 Å². The van der Waals surface area contributed by atoms with Gasteiger partial charge in [-0.25, -0.2) is 0 Å². The number of hydrogen-bond acceptors (Lipinski definition) is 2. The molecule has 0 spiro atoms. The highest BCUT2D eigenvalue weighted by Gasteiger charge is 2.56. The first-order valence-electron chi connectivity index (χ1n) is 5.49. The molecule has 0 atom stereocenters. The molecule has 2 nitrogen and oxygen atoms in total. The molecule has 0 aromatic carbocycles. The maximum absolute atomic E-state index is 9.37. The molecule has 2 heteroatoms. The third kappa shape index (κ3) is 1.31. The van der Waals surface area contributed by atoms with Crippen molar-refractivity contribution in [2.75, 3.05) is 0 Å². The van der Waals surface area contributed by atoms with Crippen molar-refractivity contribution < 1.29 is 10.2 Å². The van der Waals surface area contributed by atoms with Crippen molar-refractivity contribution in [3.8, 4) is 0 Å². The van der Waals surface area contributed by atoms with E-state index in [-0.39, 0.29) is 5.41 Å². The van der Waals surface area contributed by atoms with Crippen LogP contribution in [0.2, 0.25) is 0 Å². The summed E-state index contributed by atoms with van der Waals surface area (Å²) in [5.74, 6) is 0. The summed E-state index contributed by atoms with van der Waals surface area (Å²) >= 11 is 0. The Labute approximate surface area is 80.0 Å². The lowest BCUT2D eigenvalue weighted by atomic mass is 9.79. The fraction of sp³-hybridized carbons (Fsp3) is 1.00. The van der Waals surface area contributed by atoms with Crippen LogP contribution in [-0.4, -0.2) is 16.5 Å². The van der Waals surface area contributed by atoms with E-state index in [9.17, 15) is 10.2 Å². The van der Waals surface area contributed by atoms with Gasteiger partial charge in [-0.05, 0) is 43.9 Å². The van der Waals surface area contributed by atoms with E-state index in [0.29, 0.717) is 5.41 Å². The van der Waals surface area contributed by atoms with Crippen molar-refractivity contribution in [1.82, 2.24) is 0 Å². The van der Waals surface area contributed by atoms with Gasteiger partial charge >= 0.3 is 0 Å². The maximum atomic E-state index is 9.37. The summed E-state index contributed by atoms with van der Waals surface area (Å²) in [7, 11) is 0. The molecule has 0 radical (unpaired) electrons. The Bertz CT molecular complexity index is 190. The highest BCUT2D eigenvalue weighted by atomic mass is 16.5. The van der Waals surface area contributed by atoms with Crippen LogP contribution in [-0.2, 0) is 0 Å². The lowest BCUT2D eigenvalue weighted by Crippen LogP contribution is -2.30. The largest absolute Gasteiger partial charge is 0.368 e. The first-order chi connectivity index (χ1) is 6.13. The third-order valence-corrected chi connectivity index (χ3v) is 4.36. The molecule has 0 aliphatic heterocycles. The lowest BCUT2D eigenvalue weighted by molar-refractivity contribution is -0.131. The molecule has 0 saturated heterocycles. The van der Waals surface area contributed by atoms with Crippen molar-refractivity contribution in [3.05, 3.63) is 0 Å². The fourth-order valence-corrected chi connectivity index (χ4v) is 3.60. The van der Waals surface area contributed by atoms with Gasteiger partial charge in [0.05, 0.1) is 0 Å². The Hall–Kier alpha value is -0.0800. The minimum Gasteiger partial charge on any atom is -0.368 e. The minimum absolute atomic E-state index is 0.116. The van der Waals surface area contributed by atoms with E-state index < -0.39 is 6.29 Å². The lowest BCUT2D eigenvalue weighted by Gasteiger charge is -2.28. The summed E-state index contributed by atoms with van der Waals surface area (Å²) < 4.78 is 0. The Morgan fingerprint density at radius 2 is 1.77 bits per heavy atom. The highest BCUT2D eigenvalue weighted by molar-refractivity contribution is 5.05. The molecule has 0 aromatic heterocycles. The topological polar surface area (TPSA) is 40.5 Å². The third-order valence-electron chi connectivity index (χ3n) is 4.36. The SMILES string of the molecule is CCCC12CCC(C(O)O)(CC1)C2. The standard InChI is InChI=1S/C11H20O2/c1-2-3-10-4-6-11(8-10,7-5-10)9(12)13/h9,12-13H,2-8H2,1H3. The van der Waals surface area contributed by atoms with Gasteiger partial charge in [0.15, 0.2) is 6.29 Å². The molecule has 2 rings (SSSR count). The van der Waals surface area contributed by atoms with E-state index in [2.05, 4.69) is 6.92 Å². The second-order valence-electron chi connectivity index (χ2n) is 5.16. The van der Waals surface area contributed by atoms with Crippen LogP contribution in [0.15, 0.2) is 0 Å². The predicted octanol–water partition coefficient (Wildman–Crippen LogP) is 2.05. The molecule has 0 heterocycles. The Balaban J connectivity index is 2.10. The maximum Gasteiger partial charge on any atom is 0.157 e. The molecule has 2 bridgehead atoms. The van der Waals surface area contributed by atoms with Gasteiger partial charge in [-0.15, -0.1) is 0 Å². The van der Waals surface area contributed by atoms with Crippen LogP contribution in [0.3, 0.4) is 0 Å². The number of aliphatic hydroxyl groups excluding tert-OH is 1. The predicted molar refractivity (Wildman–Crippen MR) is 51.1 cm³/mol. The van der Waals surface area contributed by atoms with Gasteiger partial charge in [-0.2, -0.15) is 0 Å². The summed E-state index contributed by atoms with van der Waals surface area (Å²) in [6.45, 7) is 2.22. The van der Waals surface area contributed by atoms with Crippen molar-refractivity contribution in [1.29, 1.82) is 0 Å². The van der Waals surface area contributed by atoms with E-state index in [4.69, 9.17) is 0 Å². The first-order valence-corrected chi connectivity index (χ1v) is 5.49. The molecule has 13 heavy (non-hydrogen) atoms. The monoisotopic (exact) mass is 184 g/mol. The number of fused-ring (bicyclic) bond motifs is 2. The summed E-state index contributed by atoms with van der Waals surface area (Å²) in [6, 6.07) is 0. The van der Waals surface area contributed by atoms with Gasteiger partial charge < -0.3 is 10.2 Å². The number of aliphatic hydroxyl groups is 2. The smallest absolute Gasteiger partial charge is 0.157 e. The average Bonchev–Trinajstić information content (AvgIpc) is 2.61. The summed E-state index contributed by atoms with van der Waals surface area (Å²) in [5, 5.41) is 18.7. The summed E-state index contributed by atoms with van der Waals surface area (Å²) in [6.07, 6.45) is 7.00. The Morgan fingerprint density at radius 3 is 2.15 bits per heavy atom. The minimum atomic E-state index is -1.08. The molecule has 0 unspecified atom stereocenters. The van der Waals surface area contributed by atoms with E-state index in [1.165, 1.54) is 25.7 Å². The molecule has 2 saturated carbocycles. The average molecular weight is 184 g/mol. The molecule has 76 valence electrons. The number of hydrogen-bond donors (Lipinski definition) is 2. The highest BCUT2D eigenvalue weighted by Crippen LogP contribution is 2.64. The van der Waals surface area contributed by atoms with E-state index in [1.807, 2.05) is 0 Å². The second kappa shape index (κ2) is 2.96. The fourth-order valence-electron chi connectivity index (χ4n) is 3.60. The molecular formula is C11H20O2. The molecule has 2 aliphatic rings. The van der Waals surface area contributed by atoms with Crippen LogP contribution in [0.5, 0.6) is 0 Å². The van der Waals surface area contributed by atoms with Crippen LogP contribution in [0.4, 0.5) is 0 Å². The summed E-state index contributed by atoms with van der Waals surface area (Å²) in [4.78, 5) is 0. The molecule has 2 N–H and O–H groups in total. The van der Waals surface area contributed by atoms with Crippen molar-refractivity contribution in [2.45, 2.75) is 58.2 Å². The van der Waals surface area contributed by atoms with Gasteiger partial charge in [-0.1, -0.05) is 13.3 Å². The van der Waals surface area contributed by atoms with Gasteiger partial charge in [0.1, 0.15) is 0 Å². The molecule has 2 fully saturated rings. The quantitative estimate of drug-likeness (QED) is 0.659. The molecule has 0 aromatic rings. The van der Waals surface area contributed by atoms with Gasteiger partial charge in [0, 0.05) is 5.41 Å². The van der Waals surface area contributed by atoms with E-state index >= 15 is 0 Å². The molecular weight excluding hydrogens is 164 g/mol. The van der Waals surface area contributed by atoms with Crippen LogP contribution in [0.25, 0.3) is 0 Å². The molecule has 0 amide bonds. The second-order valence-corrected chi connectivity index (χ2v) is 5.16. The van der Waals surface area contributed by atoms with Crippen molar-refractivity contribution >= 4 is 0 Å². The Morgan fingerprint density at radius 1 is 1.15 bits per heavy atom. The van der Waals surface area contributed by atoms with Crippen LogP contribution < -0.4 is 0 Å². The molecule has 2 aliphatic carbocycles. The van der Waals surface area contributed by atoms with Gasteiger partial charge in [0.2, 0.25) is 0 Å². The van der Waals surface area contributed by atoms with Crippen molar-refractivity contribution in [3.63, 3.8) is 0 Å². The van der Waals surface area contributed by atoms with E-state index in [1.54, 1.807) is 0 Å². The first kappa shape index (κ1) is 9.47. The van der Waals surface area contributed by atoms with Crippen LogP contribution >= 0.6 is 0 Å². The van der Waals surface area contributed by atoms with Gasteiger partial charge in [-0.3, -0.25) is 0 Å². The van der Waals surface area contributed by atoms with E-state index in [0.717, 1.165) is 19.3 Å². The normalized spacial score (nSPS) is 43.4. The van der Waals surface area contributed by atoms with Crippen LogP contribution in [0.1, 0.15) is 51.9 Å². The zero-order valence-electron chi connectivity index (χ0n) is 8.42. The Kier molecular flexibility index (Phi) is 2.16. The zero-order chi connectivity index (χ0) is 9.53. The van der Waals surface area contributed by atoms with Crippen LogP contribution in [0, 0.1) is 10.8 Å². The zero-order valence-corrected chi connectivity index (χ0v) is 8.42. The summed E-state index contributed by atoms with van der Waals surface area (Å²) in [5.41, 5.74) is 0.369.